The molecule has 0 fully saturated rings. The zero-order valence-corrected chi connectivity index (χ0v) is 21.3. The lowest BCUT2D eigenvalue weighted by Gasteiger charge is -2.23. The fourth-order valence-electron chi connectivity index (χ4n) is 3.13. The van der Waals surface area contributed by atoms with Crippen LogP contribution in [0.1, 0.15) is 5.56 Å². The van der Waals surface area contributed by atoms with E-state index in [1.54, 1.807) is 24.3 Å². The van der Waals surface area contributed by atoms with Gasteiger partial charge in [-0.3, -0.25) is 4.79 Å². The number of ether oxygens (including phenoxy) is 2. The Hall–Kier alpha value is -2.49. The maximum Gasteiger partial charge on any atom is 0.245 e. The number of amides is 1. The second-order valence-electron chi connectivity index (χ2n) is 7.07. The molecule has 0 atom stereocenters. The van der Waals surface area contributed by atoms with Crippen molar-refractivity contribution in [1.29, 1.82) is 0 Å². The number of carbonyl (C=O) groups excluding carboxylic acids is 1. The van der Waals surface area contributed by atoms with Gasteiger partial charge >= 0.3 is 0 Å². The number of sulfonamides is 1. The van der Waals surface area contributed by atoms with Crippen LogP contribution in [-0.4, -0.2) is 39.4 Å². The van der Waals surface area contributed by atoms with Gasteiger partial charge in [0.15, 0.2) is 0 Å². The van der Waals surface area contributed by atoms with Gasteiger partial charge in [0.05, 0.1) is 36.5 Å². The number of rotatable bonds is 9. The summed E-state index contributed by atoms with van der Waals surface area (Å²) >= 11 is 18.3. The molecule has 0 heterocycles. The van der Waals surface area contributed by atoms with Gasteiger partial charge in [-0.25, -0.2) is 8.42 Å². The van der Waals surface area contributed by atoms with Crippen LogP contribution in [0.5, 0.6) is 11.5 Å². The van der Waals surface area contributed by atoms with Gasteiger partial charge in [0.25, 0.3) is 0 Å². The maximum atomic E-state index is 13.5. The molecule has 0 aromatic heterocycles. The van der Waals surface area contributed by atoms with Crippen LogP contribution in [0.4, 0.5) is 5.69 Å². The highest BCUT2D eigenvalue weighted by Crippen LogP contribution is 2.36. The lowest BCUT2D eigenvalue weighted by Crippen LogP contribution is -2.37. The molecule has 0 aliphatic rings. The summed E-state index contributed by atoms with van der Waals surface area (Å²) in [6.07, 6.45) is 0. The minimum atomic E-state index is -4.20. The molecule has 11 heteroatoms. The van der Waals surface area contributed by atoms with E-state index in [9.17, 15) is 13.2 Å². The second kappa shape index (κ2) is 11.3. The van der Waals surface area contributed by atoms with Crippen LogP contribution in [0.3, 0.4) is 0 Å². The molecule has 3 aromatic carbocycles. The number of anilines is 1. The minimum absolute atomic E-state index is 0.00743. The number of benzene rings is 3. The number of hydrogen-bond donors (Lipinski definition) is 1. The molecule has 3 rings (SSSR count). The molecule has 0 saturated heterocycles. The van der Waals surface area contributed by atoms with Gasteiger partial charge in [-0.15, -0.1) is 0 Å². The molecule has 0 radical (unpaired) electrons. The zero-order valence-electron chi connectivity index (χ0n) is 18.2. The Bertz CT molecular complexity index is 1290. The van der Waals surface area contributed by atoms with Crippen LogP contribution in [0.25, 0.3) is 0 Å². The lowest BCUT2D eigenvalue weighted by atomic mass is 10.2. The average Bonchev–Trinajstić information content (AvgIpc) is 2.81. The number of hydrogen-bond acceptors (Lipinski definition) is 5. The van der Waals surface area contributed by atoms with Gasteiger partial charge < -0.3 is 14.8 Å². The van der Waals surface area contributed by atoms with Crippen LogP contribution >= 0.6 is 34.8 Å². The van der Waals surface area contributed by atoms with Crippen molar-refractivity contribution in [1.82, 2.24) is 4.31 Å². The normalized spacial score (nSPS) is 11.4. The molecule has 3 aromatic rings. The summed E-state index contributed by atoms with van der Waals surface area (Å²) in [6.45, 7) is -0.575. The predicted octanol–water partition coefficient (Wildman–Crippen LogP) is 5.49. The van der Waals surface area contributed by atoms with E-state index in [-0.39, 0.29) is 32.9 Å². The predicted molar refractivity (Wildman–Crippen MR) is 134 cm³/mol. The molecule has 1 amide bonds. The van der Waals surface area contributed by atoms with Crippen LogP contribution in [0.15, 0.2) is 65.6 Å². The van der Waals surface area contributed by atoms with E-state index in [0.29, 0.717) is 16.3 Å². The van der Waals surface area contributed by atoms with E-state index in [1.165, 1.54) is 44.6 Å². The largest absolute Gasteiger partial charge is 0.495 e. The Kier molecular flexibility index (Phi) is 8.67. The third-order valence-electron chi connectivity index (χ3n) is 4.78. The molecule has 7 nitrogen and oxygen atoms in total. The van der Waals surface area contributed by atoms with E-state index in [2.05, 4.69) is 5.32 Å². The van der Waals surface area contributed by atoms with E-state index < -0.39 is 22.5 Å². The summed E-state index contributed by atoms with van der Waals surface area (Å²) in [4.78, 5) is 12.8. The highest BCUT2D eigenvalue weighted by molar-refractivity contribution is 7.89. The number of halogens is 3. The highest BCUT2D eigenvalue weighted by Gasteiger charge is 2.29. The monoisotopic (exact) mass is 542 g/mol. The Morgan fingerprint density at radius 2 is 1.59 bits per heavy atom. The third kappa shape index (κ3) is 6.14. The average molecular weight is 544 g/mol. The van der Waals surface area contributed by atoms with Crippen LogP contribution < -0.4 is 14.8 Å². The Balaban J connectivity index is 1.95. The molecular weight excluding hydrogens is 523 g/mol. The van der Waals surface area contributed by atoms with Crippen molar-refractivity contribution in [2.45, 2.75) is 11.4 Å². The quantitative estimate of drug-likeness (QED) is 0.386. The van der Waals surface area contributed by atoms with Crippen LogP contribution in [0.2, 0.25) is 15.1 Å². The Morgan fingerprint density at radius 1 is 0.912 bits per heavy atom. The van der Waals surface area contributed by atoms with Crippen LogP contribution in [0, 0.1) is 0 Å². The van der Waals surface area contributed by atoms with E-state index in [1.807, 2.05) is 6.07 Å². The van der Waals surface area contributed by atoms with Gasteiger partial charge in [0.2, 0.25) is 15.9 Å². The molecule has 0 bridgehead atoms. The molecule has 1 N–H and O–H groups in total. The summed E-state index contributed by atoms with van der Waals surface area (Å²) in [5.74, 6) is -0.00734. The molecule has 0 saturated carbocycles. The van der Waals surface area contributed by atoms with E-state index in [4.69, 9.17) is 44.3 Å². The first-order valence-corrected chi connectivity index (χ1v) is 12.4. The fourth-order valence-corrected chi connectivity index (χ4v) is 5.49. The zero-order chi connectivity index (χ0) is 24.9. The van der Waals surface area contributed by atoms with Gasteiger partial charge in [0, 0.05) is 23.7 Å². The number of carbonyl (C=O) groups is 1. The van der Waals surface area contributed by atoms with Crippen molar-refractivity contribution in [3.05, 3.63) is 81.3 Å². The Labute approximate surface area is 213 Å². The number of nitrogens with zero attached hydrogens (tertiary/aromatic N) is 1. The smallest absolute Gasteiger partial charge is 0.245 e. The van der Waals surface area contributed by atoms with Crippen molar-refractivity contribution >= 4 is 56.4 Å². The first kappa shape index (κ1) is 26.1. The first-order valence-electron chi connectivity index (χ1n) is 9.86. The SMILES string of the molecule is COc1cc(NC(=O)CN(Cc2ccccc2)S(=O)(=O)c2cc(Cl)ccc2Cl)c(OC)cc1Cl. The van der Waals surface area contributed by atoms with Crippen molar-refractivity contribution in [2.24, 2.45) is 0 Å². The van der Waals surface area contributed by atoms with Crippen LogP contribution in [-0.2, 0) is 21.4 Å². The van der Waals surface area contributed by atoms with E-state index >= 15 is 0 Å². The Morgan fingerprint density at radius 3 is 2.24 bits per heavy atom. The van der Waals surface area contributed by atoms with Gasteiger partial charge in [-0.05, 0) is 23.8 Å². The molecule has 180 valence electrons. The molecule has 0 spiro atoms. The molecule has 0 aliphatic heterocycles. The third-order valence-corrected chi connectivity index (χ3v) is 7.58. The standard InChI is InChI=1S/C23H21Cl3N2O5S/c1-32-20-12-19(21(33-2)11-18(20)26)27-23(29)14-28(13-15-6-4-3-5-7-15)34(30,31)22-10-16(24)8-9-17(22)25/h3-12H,13-14H2,1-2H3,(H,27,29). The maximum absolute atomic E-state index is 13.5. The van der Waals surface area contributed by atoms with Gasteiger partial charge in [0.1, 0.15) is 16.4 Å². The first-order chi connectivity index (χ1) is 16.1. The molecular formula is C23H21Cl3N2O5S. The van der Waals surface area contributed by atoms with Gasteiger partial charge in [-0.2, -0.15) is 4.31 Å². The lowest BCUT2D eigenvalue weighted by molar-refractivity contribution is -0.116. The summed E-state index contributed by atoms with van der Waals surface area (Å²) < 4.78 is 38.5. The van der Waals surface area contributed by atoms with Crippen molar-refractivity contribution in [3.8, 4) is 11.5 Å². The van der Waals surface area contributed by atoms with Crippen molar-refractivity contribution in [2.75, 3.05) is 26.1 Å². The number of methoxy groups -OCH3 is 2. The summed E-state index contributed by atoms with van der Waals surface area (Å²) in [5, 5.41) is 3.15. The molecule has 0 aliphatic carbocycles. The van der Waals surface area contributed by atoms with Crippen molar-refractivity contribution in [3.63, 3.8) is 0 Å². The number of nitrogens with one attached hydrogen (secondary N) is 1. The molecule has 34 heavy (non-hydrogen) atoms. The second-order valence-corrected chi connectivity index (χ2v) is 10.2. The van der Waals surface area contributed by atoms with Gasteiger partial charge in [-0.1, -0.05) is 65.1 Å². The minimum Gasteiger partial charge on any atom is -0.495 e. The van der Waals surface area contributed by atoms with Crippen molar-refractivity contribution < 1.29 is 22.7 Å². The molecule has 0 unspecified atom stereocenters. The van der Waals surface area contributed by atoms with E-state index in [0.717, 1.165) is 4.31 Å². The fraction of sp³-hybridized carbons (Fsp3) is 0.174. The summed E-state index contributed by atoms with van der Waals surface area (Å²) in [6, 6.07) is 16.0. The topological polar surface area (TPSA) is 84.9 Å². The summed E-state index contributed by atoms with van der Waals surface area (Å²) in [7, 11) is -1.35. The summed E-state index contributed by atoms with van der Waals surface area (Å²) in [5.41, 5.74) is 0.953. The highest BCUT2D eigenvalue weighted by atomic mass is 35.5.